The van der Waals surface area contributed by atoms with Crippen molar-refractivity contribution < 1.29 is 9.53 Å². The molecule has 6 heteroatoms. The normalized spacial score (nSPS) is 10.3. The summed E-state index contributed by atoms with van der Waals surface area (Å²) in [6.45, 7) is 1.86. The number of methoxy groups -OCH3 is 1. The predicted molar refractivity (Wildman–Crippen MR) is 86.9 cm³/mol. The molecule has 1 aromatic heterocycles. The number of hydrogen-bond acceptors (Lipinski definition) is 4. The van der Waals surface area contributed by atoms with E-state index in [1.54, 1.807) is 31.4 Å². The number of ether oxygens (including phenoxy) is 1. The molecular formula is C17H16N4O2. The largest absolute Gasteiger partial charge is 0.497 e. The number of benzene rings is 2. The van der Waals surface area contributed by atoms with E-state index >= 15 is 0 Å². The fourth-order valence-electron chi connectivity index (χ4n) is 2.20. The third-order valence-electron chi connectivity index (χ3n) is 3.50. The lowest BCUT2D eigenvalue weighted by atomic mass is 10.1. The van der Waals surface area contributed by atoms with Gasteiger partial charge in [-0.3, -0.25) is 4.79 Å². The van der Waals surface area contributed by atoms with Crippen LogP contribution in [0.3, 0.4) is 0 Å². The summed E-state index contributed by atoms with van der Waals surface area (Å²) in [6, 6.07) is 16.6. The highest BCUT2D eigenvalue weighted by Gasteiger charge is 2.13. The maximum Gasteiger partial charge on any atom is 0.271 e. The quantitative estimate of drug-likeness (QED) is 0.804. The average Bonchev–Trinajstić information content (AvgIpc) is 2.96. The molecule has 1 N–H and O–H groups in total. The summed E-state index contributed by atoms with van der Waals surface area (Å²) in [5.41, 5.74) is 5.69. The van der Waals surface area contributed by atoms with Crippen molar-refractivity contribution >= 4 is 5.91 Å². The van der Waals surface area contributed by atoms with Crippen LogP contribution in [0, 0.1) is 6.92 Å². The first kappa shape index (κ1) is 14.8. The van der Waals surface area contributed by atoms with Gasteiger partial charge < -0.3 is 4.74 Å². The van der Waals surface area contributed by atoms with Gasteiger partial charge in [0.25, 0.3) is 5.91 Å². The number of carbonyl (C=O) groups is 1. The van der Waals surface area contributed by atoms with Crippen LogP contribution < -0.4 is 10.2 Å². The molecule has 0 fully saturated rings. The highest BCUT2D eigenvalue weighted by Crippen LogP contribution is 2.19. The predicted octanol–water partition coefficient (Wildman–Crippen LogP) is 2.65. The summed E-state index contributed by atoms with van der Waals surface area (Å²) in [6.07, 6.45) is 0. The summed E-state index contributed by atoms with van der Waals surface area (Å²) in [7, 11) is 1.58. The molecule has 0 unspecified atom stereocenters. The molecule has 2 aromatic carbocycles. The molecule has 0 aliphatic rings. The molecule has 3 rings (SSSR count). The molecule has 0 saturated carbocycles. The first-order valence-electron chi connectivity index (χ1n) is 7.12. The minimum absolute atomic E-state index is 0.264. The lowest BCUT2D eigenvalue weighted by molar-refractivity contribution is 0.100. The fourth-order valence-corrected chi connectivity index (χ4v) is 2.20. The zero-order valence-electron chi connectivity index (χ0n) is 12.9. The van der Waals surface area contributed by atoms with Crippen molar-refractivity contribution in [3.05, 3.63) is 65.9 Å². The molecule has 0 bridgehead atoms. The smallest absolute Gasteiger partial charge is 0.271 e. The van der Waals surface area contributed by atoms with Gasteiger partial charge in [0.05, 0.1) is 12.8 Å². The summed E-state index contributed by atoms with van der Waals surface area (Å²) in [4.78, 5) is 13.7. The molecule has 0 spiro atoms. The van der Waals surface area contributed by atoms with Crippen LogP contribution in [0.4, 0.5) is 0 Å². The number of rotatable bonds is 4. The molecule has 0 radical (unpaired) electrons. The van der Waals surface area contributed by atoms with Crippen LogP contribution in [-0.4, -0.2) is 28.1 Å². The molecular weight excluding hydrogens is 292 g/mol. The van der Waals surface area contributed by atoms with Gasteiger partial charge in [0, 0.05) is 11.1 Å². The number of amides is 1. The van der Waals surface area contributed by atoms with Gasteiger partial charge in [-0.2, -0.15) is 4.79 Å². The van der Waals surface area contributed by atoms with Crippen molar-refractivity contribution in [2.45, 2.75) is 6.92 Å². The summed E-state index contributed by atoms with van der Waals surface area (Å²) >= 11 is 0. The molecule has 1 amide bonds. The highest BCUT2D eigenvalue weighted by molar-refractivity contribution is 6.00. The Morgan fingerprint density at radius 1 is 1.09 bits per heavy atom. The van der Waals surface area contributed by atoms with Crippen LogP contribution in [0.1, 0.15) is 16.1 Å². The van der Waals surface area contributed by atoms with Crippen molar-refractivity contribution in [3.8, 4) is 17.0 Å². The lowest BCUT2D eigenvalue weighted by Crippen LogP contribution is -2.25. The zero-order valence-corrected chi connectivity index (χ0v) is 12.9. The van der Waals surface area contributed by atoms with Crippen molar-refractivity contribution in [2.24, 2.45) is 0 Å². The van der Waals surface area contributed by atoms with Crippen LogP contribution in [-0.2, 0) is 0 Å². The number of aromatic nitrogens is 3. The lowest BCUT2D eigenvalue weighted by Gasteiger charge is -2.07. The first-order valence-corrected chi connectivity index (χ1v) is 7.12. The Hall–Kier alpha value is -3.15. The van der Waals surface area contributed by atoms with E-state index in [0.29, 0.717) is 11.3 Å². The van der Waals surface area contributed by atoms with Crippen molar-refractivity contribution in [3.63, 3.8) is 0 Å². The van der Waals surface area contributed by atoms with Gasteiger partial charge in [-0.25, -0.2) is 5.43 Å². The van der Waals surface area contributed by atoms with Crippen molar-refractivity contribution in [2.75, 3.05) is 12.5 Å². The summed E-state index contributed by atoms with van der Waals surface area (Å²) in [5.74, 6) is 0.435. The zero-order chi connectivity index (χ0) is 16.2. The van der Waals surface area contributed by atoms with E-state index in [1.807, 2.05) is 37.3 Å². The van der Waals surface area contributed by atoms with E-state index in [1.165, 1.54) is 4.79 Å². The molecule has 116 valence electrons. The second-order valence-electron chi connectivity index (χ2n) is 4.97. The van der Waals surface area contributed by atoms with Crippen LogP contribution in [0.5, 0.6) is 5.75 Å². The number of nitrogens with zero attached hydrogens (tertiary/aromatic N) is 3. The average molecular weight is 308 g/mol. The molecule has 0 atom stereocenters. The molecule has 6 nitrogen and oxygen atoms in total. The number of nitrogens with one attached hydrogen (secondary N) is 1. The van der Waals surface area contributed by atoms with Crippen molar-refractivity contribution in [1.82, 2.24) is 15.1 Å². The molecule has 0 saturated heterocycles. The molecule has 1 heterocycles. The Morgan fingerprint density at radius 3 is 2.43 bits per heavy atom. The van der Waals surface area contributed by atoms with E-state index in [0.717, 1.165) is 17.0 Å². The Bertz CT molecular complexity index is 810. The van der Waals surface area contributed by atoms with E-state index in [4.69, 9.17) is 4.74 Å². The first-order chi connectivity index (χ1) is 11.2. The van der Waals surface area contributed by atoms with Crippen LogP contribution in [0.25, 0.3) is 11.3 Å². The Kier molecular flexibility index (Phi) is 4.05. The number of hydrogen-bond donors (Lipinski definition) is 1. The van der Waals surface area contributed by atoms with Crippen LogP contribution in [0.15, 0.2) is 54.6 Å². The monoisotopic (exact) mass is 308 g/mol. The minimum Gasteiger partial charge on any atom is -0.497 e. The standard InChI is InChI=1S/C17H16N4O2/c1-12-16(13-6-4-3-5-7-13)18-20-21(12)19-17(22)14-8-10-15(23-2)11-9-14/h3-11H,1-2H3,(H,19,22). The third-order valence-corrected chi connectivity index (χ3v) is 3.50. The SMILES string of the molecule is COc1ccc(C(=O)Nn2nnc(-c3ccccc3)c2C)cc1. The van der Waals surface area contributed by atoms with Gasteiger partial charge in [0.15, 0.2) is 0 Å². The number of carbonyl (C=O) groups excluding carboxylic acids is 1. The van der Waals surface area contributed by atoms with E-state index in [9.17, 15) is 4.79 Å². The molecule has 23 heavy (non-hydrogen) atoms. The van der Waals surface area contributed by atoms with Crippen molar-refractivity contribution in [1.29, 1.82) is 0 Å². The Balaban J connectivity index is 1.80. The van der Waals surface area contributed by atoms with E-state index < -0.39 is 0 Å². The molecule has 0 aliphatic carbocycles. The van der Waals surface area contributed by atoms with Gasteiger partial charge >= 0.3 is 0 Å². The van der Waals surface area contributed by atoms with E-state index in [2.05, 4.69) is 15.7 Å². The van der Waals surface area contributed by atoms with Gasteiger partial charge in [0.2, 0.25) is 0 Å². The Morgan fingerprint density at radius 2 is 1.78 bits per heavy atom. The Labute approximate surface area is 133 Å². The maximum absolute atomic E-state index is 12.3. The topological polar surface area (TPSA) is 69.0 Å². The minimum atomic E-state index is -0.264. The van der Waals surface area contributed by atoms with E-state index in [-0.39, 0.29) is 5.91 Å². The molecule has 3 aromatic rings. The fraction of sp³-hybridized carbons (Fsp3) is 0.118. The van der Waals surface area contributed by atoms with Gasteiger partial charge in [-0.15, -0.1) is 5.10 Å². The third kappa shape index (κ3) is 3.06. The van der Waals surface area contributed by atoms with Crippen LogP contribution in [0.2, 0.25) is 0 Å². The summed E-state index contributed by atoms with van der Waals surface area (Å²) in [5, 5.41) is 8.14. The van der Waals surface area contributed by atoms with Crippen LogP contribution >= 0.6 is 0 Å². The highest BCUT2D eigenvalue weighted by atomic mass is 16.5. The molecule has 0 aliphatic heterocycles. The van der Waals surface area contributed by atoms with Gasteiger partial charge in [0.1, 0.15) is 11.4 Å². The van der Waals surface area contributed by atoms with Gasteiger partial charge in [-0.05, 0) is 36.4 Å². The maximum atomic E-state index is 12.3. The van der Waals surface area contributed by atoms with Gasteiger partial charge in [-0.1, -0.05) is 30.3 Å². The second-order valence-corrected chi connectivity index (χ2v) is 4.97. The summed E-state index contributed by atoms with van der Waals surface area (Å²) < 4.78 is 5.08. The second kappa shape index (κ2) is 6.31.